The molecule has 0 spiro atoms. The van der Waals surface area contributed by atoms with Gasteiger partial charge in [0.1, 0.15) is 13.2 Å². The van der Waals surface area contributed by atoms with Crippen LogP contribution >= 0.6 is 0 Å². The van der Waals surface area contributed by atoms with Gasteiger partial charge >= 0.3 is 17.9 Å². The molecule has 0 aromatic carbocycles. The lowest BCUT2D eigenvalue weighted by Gasteiger charge is -2.18. The minimum Gasteiger partial charge on any atom is -0.462 e. The van der Waals surface area contributed by atoms with E-state index in [0.717, 1.165) is 83.5 Å². The van der Waals surface area contributed by atoms with E-state index in [9.17, 15) is 14.4 Å². The number of hydrogen-bond acceptors (Lipinski definition) is 6. The van der Waals surface area contributed by atoms with Crippen LogP contribution in [0.4, 0.5) is 0 Å². The summed E-state index contributed by atoms with van der Waals surface area (Å²) in [5, 5.41) is 0. The van der Waals surface area contributed by atoms with E-state index in [-0.39, 0.29) is 31.1 Å². The van der Waals surface area contributed by atoms with E-state index in [2.05, 4.69) is 57.2 Å². The van der Waals surface area contributed by atoms with E-state index in [1.165, 1.54) is 122 Å². The fourth-order valence-electron chi connectivity index (χ4n) is 7.09. The maximum atomic E-state index is 12.8. The summed E-state index contributed by atoms with van der Waals surface area (Å²) in [6, 6.07) is 0. The summed E-state index contributed by atoms with van der Waals surface area (Å²) in [6.07, 6.45) is 63.2. The second-order valence-electron chi connectivity index (χ2n) is 17.1. The predicted octanol–water partition coefficient (Wildman–Crippen LogP) is 17.0. The van der Waals surface area contributed by atoms with E-state index < -0.39 is 6.10 Å². The molecule has 0 fully saturated rings. The number of carbonyl (C=O) groups is 3. The van der Waals surface area contributed by atoms with Crippen molar-refractivity contribution in [3.63, 3.8) is 0 Å². The molecule has 62 heavy (non-hydrogen) atoms. The van der Waals surface area contributed by atoms with Crippen molar-refractivity contribution in [1.29, 1.82) is 0 Å². The van der Waals surface area contributed by atoms with Crippen LogP contribution < -0.4 is 0 Å². The predicted molar refractivity (Wildman–Crippen MR) is 265 cm³/mol. The summed E-state index contributed by atoms with van der Waals surface area (Å²) in [7, 11) is 0. The first kappa shape index (κ1) is 58.9. The fourth-order valence-corrected chi connectivity index (χ4v) is 7.09. The Morgan fingerprint density at radius 3 is 1.05 bits per heavy atom. The Balaban J connectivity index is 4.44. The van der Waals surface area contributed by atoms with Crippen molar-refractivity contribution in [2.45, 2.75) is 252 Å². The smallest absolute Gasteiger partial charge is 0.306 e. The third kappa shape index (κ3) is 47.9. The molecule has 0 rings (SSSR count). The minimum absolute atomic E-state index is 0.0964. The molecule has 356 valence electrons. The topological polar surface area (TPSA) is 78.9 Å². The largest absolute Gasteiger partial charge is 0.462 e. The molecule has 0 aliphatic rings. The molecule has 0 amide bonds. The molecule has 0 saturated carbocycles. The molecule has 1 atom stereocenters. The average Bonchev–Trinajstić information content (AvgIpc) is 3.27. The number of ether oxygens (including phenoxy) is 3. The van der Waals surface area contributed by atoms with Gasteiger partial charge in [-0.3, -0.25) is 14.4 Å². The highest BCUT2D eigenvalue weighted by Gasteiger charge is 2.19. The van der Waals surface area contributed by atoms with Gasteiger partial charge in [0.2, 0.25) is 0 Å². The van der Waals surface area contributed by atoms with Crippen LogP contribution in [0.25, 0.3) is 0 Å². The number of allylic oxidation sites excluding steroid dienone is 12. The highest BCUT2D eigenvalue weighted by Crippen LogP contribution is 2.14. The van der Waals surface area contributed by atoms with Gasteiger partial charge in [0.25, 0.3) is 0 Å². The van der Waals surface area contributed by atoms with Gasteiger partial charge in [-0.05, 0) is 89.9 Å². The number of unbranched alkanes of at least 4 members (excludes halogenated alkanes) is 26. The first-order chi connectivity index (χ1) is 30.5. The first-order valence-corrected chi connectivity index (χ1v) is 26.0. The minimum atomic E-state index is -0.800. The highest BCUT2D eigenvalue weighted by atomic mass is 16.6. The van der Waals surface area contributed by atoms with Crippen LogP contribution in [-0.4, -0.2) is 37.2 Å². The van der Waals surface area contributed by atoms with Gasteiger partial charge in [-0.15, -0.1) is 0 Å². The molecule has 0 saturated heterocycles. The molecule has 1 unspecified atom stereocenters. The zero-order valence-corrected chi connectivity index (χ0v) is 40.6. The Labute approximate surface area is 382 Å². The van der Waals surface area contributed by atoms with Gasteiger partial charge in [-0.1, -0.05) is 209 Å². The average molecular weight is 865 g/mol. The second-order valence-corrected chi connectivity index (χ2v) is 17.1. The highest BCUT2D eigenvalue weighted by molar-refractivity contribution is 5.71. The van der Waals surface area contributed by atoms with Crippen molar-refractivity contribution in [2.24, 2.45) is 0 Å². The Morgan fingerprint density at radius 1 is 0.339 bits per heavy atom. The van der Waals surface area contributed by atoms with Crippen LogP contribution in [0.2, 0.25) is 0 Å². The molecule has 0 aliphatic heterocycles. The summed E-state index contributed by atoms with van der Waals surface area (Å²) < 4.78 is 16.7. The quantitative estimate of drug-likeness (QED) is 0.0199. The zero-order chi connectivity index (χ0) is 45.1. The zero-order valence-electron chi connectivity index (χ0n) is 40.6. The van der Waals surface area contributed by atoms with E-state index in [0.29, 0.717) is 19.3 Å². The Bertz CT molecular complexity index is 1180. The summed E-state index contributed by atoms with van der Waals surface area (Å²) in [4.78, 5) is 37.9. The monoisotopic (exact) mass is 865 g/mol. The summed E-state index contributed by atoms with van der Waals surface area (Å²) in [5.41, 5.74) is 0. The van der Waals surface area contributed by atoms with E-state index in [1.54, 1.807) is 0 Å². The van der Waals surface area contributed by atoms with Crippen molar-refractivity contribution >= 4 is 17.9 Å². The Morgan fingerprint density at radius 2 is 0.645 bits per heavy atom. The maximum absolute atomic E-state index is 12.8. The standard InChI is InChI=1S/C56H96O6/c1-4-7-10-13-16-19-22-25-27-28-29-32-34-37-40-43-46-49-55(58)61-52-53(51-60-54(57)48-45-42-39-36-33-30-24-21-18-15-12-9-6-3)62-56(59)50-47-44-41-38-35-31-26-23-20-17-14-11-8-5-2/h9,12,15,18,21,24-25,27,30-31,33,35,53H,4-8,10-11,13-14,16-17,19-20,22-23,26,28-29,32,34,36-52H2,1-3H3/b12-9+,18-15+,24-21+,27-25+,33-30+,35-31+. The van der Waals surface area contributed by atoms with Gasteiger partial charge < -0.3 is 14.2 Å². The van der Waals surface area contributed by atoms with Crippen molar-refractivity contribution in [3.8, 4) is 0 Å². The number of carbonyl (C=O) groups excluding carboxylic acids is 3. The molecule has 0 N–H and O–H groups in total. The fraction of sp³-hybridized carbons (Fsp3) is 0.732. The van der Waals surface area contributed by atoms with Gasteiger partial charge in [-0.2, -0.15) is 0 Å². The van der Waals surface area contributed by atoms with Crippen molar-refractivity contribution in [3.05, 3.63) is 72.9 Å². The molecule has 0 bridgehead atoms. The van der Waals surface area contributed by atoms with Crippen LogP contribution in [0.5, 0.6) is 0 Å². The van der Waals surface area contributed by atoms with Crippen molar-refractivity contribution < 1.29 is 28.6 Å². The summed E-state index contributed by atoms with van der Waals surface area (Å²) in [5.74, 6) is -0.956. The summed E-state index contributed by atoms with van der Waals surface area (Å²) >= 11 is 0. The Hall–Kier alpha value is -3.15. The van der Waals surface area contributed by atoms with Gasteiger partial charge in [0, 0.05) is 19.3 Å². The van der Waals surface area contributed by atoms with E-state index >= 15 is 0 Å². The first-order valence-electron chi connectivity index (χ1n) is 26.0. The lowest BCUT2D eigenvalue weighted by Crippen LogP contribution is -2.30. The second kappa shape index (κ2) is 50.5. The van der Waals surface area contributed by atoms with Crippen LogP contribution in [-0.2, 0) is 28.6 Å². The third-order valence-corrected chi connectivity index (χ3v) is 11.0. The van der Waals surface area contributed by atoms with Crippen LogP contribution in [0.15, 0.2) is 72.9 Å². The normalized spacial score (nSPS) is 12.6. The van der Waals surface area contributed by atoms with E-state index in [4.69, 9.17) is 14.2 Å². The van der Waals surface area contributed by atoms with Gasteiger partial charge in [0.15, 0.2) is 6.10 Å². The Kier molecular flexibility index (Phi) is 47.9. The number of esters is 3. The molecule has 6 nitrogen and oxygen atoms in total. The molecule has 0 aromatic heterocycles. The van der Waals surface area contributed by atoms with Gasteiger partial charge in [0.05, 0.1) is 0 Å². The molecular weight excluding hydrogens is 769 g/mol. The lowest BCUT2D eigenvalue weighted by molar-refractivity contribution is -0.167. The van der Waals surface area contributed by atoms with E-state index in [1.807, 2.05) is 36.5 Å². The van der Waals surface area contributed by atoms with Crippen LogP contribution in [0.3, 0.4) is 0 Å². The molecule has 0 aromatic rings. The molecule has 6 heteroatoms. The number of rotatable bonds is 46. The molecule has 0 heterocycles. The SMILES string of the molecule is CC/C=C/C=C/C=C/C=C/CCCCCC(=O)OCC(COC(=O)CCCCCCCCC/C=C/CCCCCCCC)OC(=O)CCCCC/C=C/CCCCCCCCC. The number of hydrogen-bond donors (Lipinski definition) is 0. The third-order valence-electron chi connectivity index (χ3n) is 11.0. The van der Waals surface area contributed by atoms with Crippen molar-refractivity contribution in [1.82, 2.24) is 0 Å². The molecule has 0 radical (unpaired) electrons. The van der Waals surface area contributed by atoms with Crippen LogP contribution in [0.1, 0.15) is 245 Å². The molecular formula is C56H96O6. The van der Waals surface area contributed by atoms with Crippen molar-refractivity contribution in [2.75, 3.05) is 13.2 Å². The molecule has 0 aliphatic carbocycles. The maximum Gasteiger partial charge on any atom is 0.306 e. The lowest BCUT2D eigenvalue weighted by atomic mass is 10.1. The van der Waals surface area contributed by atoms with Crippen LogP contribution in [0, 0.1) is 0 Å². The summed E-state index contributed by atoms with van der Waals surface area (Å²) in [6.45, 7) is 6.44. The van der Waals surface area contributed by atoms with Gasteiger partial charge in [-0.25, -0.2) is 0 Å².